The van der Waals surface area contributed by atoms with Crippen molar-refractivity contribution in [2.45, 2.75) is 6.04 Å². The zero-order chi connectivity index (χ0) is 21.6. The molecule has 1 N–H and O–H groups in total. The Morgan fingerprint density at radius 2 is 1.52 bits per heavy atom. The fourth-order valence-corrected chi connectivity index (χ4v) is 3.77. The third-order valence-electron chi connectivity index (χ3n) is 5.37. The van der Waals surface area contributed by atoms with Crippen LogP contribution in [0, 0.1) is 5.82 Å². The van der Waals surface area contributed by atoms with Gasteiger partial charge in [0.05, 0.1) is 0 Å². The molecule has 0 saturated carbocycles. The number of halogens is 1. The van der Waals surface area contributed by atoms with Crippen LogP contribution in [0.15, 0.2) is 79.1 Å². The zero-order valence-corrected chi connectivity index (χ0v) is 16.9. The van der Waals surface area contributed by atoms with Crippen LogP contribution in [0.5, 0.6) is 0 Å². The Kier molecular flexibility index (Phi) is 6.33. The number of anilines is 1. The number of nitrogens with one attached hydrogen (secondary N) is 1. The van der Waals surface area contributed by atoms with Crippen molar-refractivity contribution in [1.82, 2.24) is 14.8 Å². The molecule has 4 rings (SSSR count). The van der Waals surface area contributed by atoms with Gasteiger partial charge < -0.3 is 10.2 Å². The minimum Gasteiger partial charge on any atom is -0.336 e. The van der Waals surface area contributed by atoms with E-state index in [1.165, 1.54) is 12.1 Å². The lowest BCUT2D eigenvalue weighted by molar-refractivity contribution is -0.122. The van der Waals surface area contributed by atoms with Crippen LogP contribution in [0.1, 0.15) is 22.0 Å². The van der Waals surface area contributed by atoms with E-state index >= 15 is 0 Å². The summed E-state index contributed by atoms with van der Waals surface area (Å²) in [6.07, 6.45) is 3.21. The Morgan fingerprint density at radius 3 is 2.16 bits per heavy atom. The topological polar surface area (TPSA) is 65.5 Å². The number of amides is 2. The largest absolute Gasteiger partial charge is 0.336 e. The molecule has 2 aromatic carbocycles. The van der Waals surface area contributed by atoms with Crippen LogP contribution < -0.4 is 5.32 Å². The van der Waals surface area contributed by atoms with Crippen molar-refractivity contribution < 1.29 is 14.0 Å². The highest BCUT2D eigenvalue weighted by Crippen LogP contribution is 2.25. The van der Waals surface area contributed by atoms with Gasteiger partial charge in [-0.1, -0.05) is 30.3 Å². The summed E-state index contributed by atoms with van der Waals surface area (Å²) < 4.78 is 13.2. The van der Waals surface area contributed by atoms with Gasteiger partial charge in [-0.2, -0.15) is 0 Å². The lowest BCUT2D eigenvalue weighted by atomic mass is 10.0. The van der Waals surface area contributed by atoms with E-state index < -0.39 is 6.04 Å². The molecule has 158 valence electrons. The fourth-order valence-electron chi connectivity index (χ4n) is 3.77. The molecule has 1 aliphatic heterocycles. The smallest absolute Gasteiger partial charge is 0.254 e. The van der Waals surface area contributed by atoms with Crippen molar-refractivity contribution in [2.75, 3.05) is 31.5 Å². The number of hydrogen-bond donors (Lipinski definition) is 1. The number of carbonyl (C=O) groups is 2. The maximum Gasteiger partial charge on any atom is 0.254 e. The van der Waals surface area contributed by atoms with Crippen molar-refractivity contribution in [2.24, 2.45) is 0 Å². The molecule has 2 heterocycles. The standard InChI is InChI=1S/C24H23FN4O2/c25-20-6-8-21(9-7-20)27-23(30)22(18-4-2-1-3-5-18)28-14-16-29(17-15-28)24(31)19-10-12-26-13-11-19/h1-13,22H,14-17H2,(H,27,30)/t22-/m1/s1. The molecule has 31 heavy (non-hydrogen) atoms. The summed E-state index contributed by atoms with van der Waals surface area (Å²) in [5.41, 5.74) is 2.02. The summed E-state index contributed by atoms with van der Waals surface area (Å²) in [5, 5.41) is 2.89. The molecule has 0 spiro atoms. The Hall–Kier alpha value is -3.58. The van der Waals surface area contributed by atoms with E-state index in [1.54, 1.807) is 41.6 Å². The van der Waals surface area contributed by atoms with E-state index in [2.05, 4.69) is 15.2 Å². The van der Waals surface area contributed by atoms with E-state index in [1.807, 2.05) is 30.3 Å². The van der Waals surface area contributed by atoms with Gasteiger partial charge in [0.15, 0.2) is 0 Å². The predicted octanol–water partition coefficient (Wildman–Crippen LogP) is 3.36. The molecule has 0 unspecified atom stereocenters. The van der Waals surface area contributed by atoms with Crippen LogP contribution in [0.2, 0.25) is 0 Å². The van der Waals surface area contributed by atoms with E-state index in [0.29, 0.717) is 37.4 Å². The predicted molar refractivity (Wildman–Crippen MR) is 116 cm³/mol. The van der Waals surface area contributed by atoms with Crippen LogP contribution in [0.3, 0.4) is 0 Å². The summed E-state index contributed by atoms with van der Waals surface area (Å²) in [4.78, 5) is 33.7. The van der Waals surface area contributed by atoms with E-state index in [-0.39, 0.29) is 17.6 Å². The second-order valence-electron chi connectivity index (χ2n) is 7.37. The third-order valence-corrected chi connectivity index (χ3v) is 5.37. The number of aromatic nitrogens is 1. The van der Waals surface area contributed by atoms with Crippen molar-refractivity contribution in [3.8, 4) is 0 Å². The van der Waals surface area contributed by atoms with Crippen molar-refractivity contribution in [3.05, 3.63) is 96.1 Å². The number of hydrogen-bond acceptors (Lipinski definition) is 4. The average Bonchev–Trinajstić information content (AvgIpc) is 2.82. The molecule has 7 heteroatoms. The number of piperazine rings is 1. The van der Waals surface area contributed by atoms with Crippen molar-refractivity contribution >= 4 is 17.5 Å². The van der Waals surface area contributed by atoms with Gasteiger partial charge in [0.2, 0.25) is 5.91 Å². The van der Waals surface area contributed by atoms with Gasteiger partial charge in [-0.3, -0.25) is 19.5 Å². The molecular weight excluding hydrogens is 395 g/mol. The van der Waals surface area contributed by atoms with Gasteiger partial charge >= 0.3 is 0 Å². The molecule has 1 aromatic heterocycles. The van der Waals surface area contributed by atoms with Gasteiger partial charge in [0, 0.05) is 49.8 Å². The van der Waals surface area contributed by atoms with Crippen molar-refractivity contribution in [3.63, 3.8) is 0 Å². The summed E-state index contributed by atoms with van der Waals surface area (Å²) in [5.74, 6) is -0.576. The Morgan fingerprint density at radius 1 is 0.871 bits per heavy atom. The zero-order valence-electron chi connectivity index (χ0n) is 16.9. The summed E-state index contributed by atoms with van der Waals surface area (Å²) >= 11 is 0. The normalized spacial score (nSPS) is 15.3. The lowest BCUT2D eigenvalue weighted by Crippen LogP contribution is -2.51. The molecule has 1 fully saturated rings. The SMILES string of the molecule is O=C(Nc1ccc(F)cc1)[C@@H](c1ccccc1)N1CCN(C(=O)c2ccncc2)CC1. The first-order chi connectivity index (χ1) is 15.1. The van der Waals surface area contributed by atoms with E-state index in [0.717, 1.165) is 5.56 Å². The first kappa shape index (κ1) is 20.7. The second kappa shape index (κ2) is 9.49. The molecule has 1 saturated heterocycles. The minimum absolute atomic E-state index is 0.0333. The Bertz CT molecular complexity index is 1020. The lowest BCUT2D eigenvalue weighted by Gasteiger charge is -2.38. The first-order valence-electron chi connectivity index (χ1n) is 10.2. The van der Waals surface area contributed by atoms with Crippen molar-refractivity contribution in [1.29, 1.82) is 0 Å². The van der Waals surface area contributed by atoms with E-state index in [4.69, 9.17) is 0 Å². The van der Waals surface area contributed by atoms with E-state index in [9.17, 15) is 14.0 Å². The molecular formula is C24H23FN4O2. The first-order valence-corrected chi connectivity index (χ1v) is 10.2. The fraction of sp³-hybridized carbons (Fsp3) is 0.208. The number of nitrogens with zero attached hydrogens (tertiary/aromatic N) is 3. The molecule has 0 aliphatic carbocycles. The maximum absolute atomic E-state index is 13.2. The van der Waals surface area contributed by atoms with Crippen LogP contribution in [0.25, 0.3) is 0 Å². The second-order valence-corrected chi connectivity index (χ2v) is 7.37. The molecule has 0 radical (unpaired) electrons. The van der Waals surface area contributed by atoms with Gasteiger partial charge in [-0.25, -0.2) is 4.39 Å². The summed E-state index contributed by atoms with van der Waals surface area (Å²) in [7, 11) is 0. The Labute approximate surface area is 180 Å². The molecule has 0 bridgehead atoms. The van der Waals surface area contributed by atoms with Crippen LogP contribution >= 0.6 is 0 Å². The highest BCUT2D eigenvalue weighted by molar-refractivity contribution is 5.96. The van der Waals surface area contributed by atoms with Gasteiger partial charge in [-0.15, -0.1) is 0 Å². The van der Waals surface area contributed by atoms with Gasteiger partial charge in [0.1, 0.15) is 11.9 Å². The molecule has 3 aromatic rings. The summed E-state index contributed by atoms with van der Waals surface area (Å²) in [6, 6.07) is 18.2. The van der Waals surface area contributed by atoms with Crippen LogP contribution in [0.4, 0.5) is 10.1 Å². The monoisotopic (exact) mass is 418 g/mol. The average molecular weight is 418 g/mol. The third kappa shape index (κ3) is 4.95. The van der Waals surface area contributed by atoms with Gasteiger partial charge in [-0.05, 0) is 42.0 Å². The van der Waals surface area contributed by atoms with Gasteiger partial charge in [0.25, 0.3) is 5.91 Å². The number of carbonyl (C=O) groups excluding carboxylic acids is 2. The number of rotatable bonds is 5. The molecule has 2 amide bonds. The van der Waals surface area contributed by atoms with Crippen LogP contribution in [-0.2, 0) is 4.79 Å². The number of pyridine rings is 1. The highest BCUT2D eigenvalue weighted by Gasteiger charge is 2.32. The Balaban J connectivity index is 1.48. The number of benzene rings is 2. The van der Waals surface area contributed by atoms with Crippen LogP contribution in [-0.4, -0.2) is 52.8 Å². The molecule has 1 atom stereocenters. The summed E-state index contributed by atoms with van der Waals surface area (Å²) in [6.45, 7) is 2.17. The molecule has 6 nitrogen and oxygen atoms in total. The maximum atomic E-state index is 13.2. The quantitative estimate of drug-likeness (QED) is 0.690. The molecule has 1 aliphatic rings. The minimum atomic E-state index is -0.510. The highest BCUT2D eigenvalue weighted by atomic mass is 19.1.